The van der Waals surface area contributed by atoms with Gasteiger partial charge >= 0.3 is 0 Å². The van der Waals surface area contributed by atoms with Gasteiger partial charge in [-0.25, -0.2) is 9.97 Å². The topological polar surface area (TPSA) is 55.0 Å². The largest absolute Gasteiger partial charge is 0.344 e. The van der Waals surface area contributed by atoms with Gasteiger partial charge in [-0.05, 0) is 37.2 Å². The van der Waals surface area contributed by atoms with Crippen LogP contribution in [0.5, 0.6) is 0 Å². The third-order valence-electron chi connectivity index (χ3n) is 3.28. The van der Waals surface area contributed by atoms with Crippen molar-refractivity contribution in [3.8, 4) is 0 Å². The first kappa shape index (κ1) is 12.3. The van der Waals surface area contributed by atoms with E-state index in [4.69, 9.17) is 5.73 Å². The maximum atomic E-state index is 5.91. The van der Waals surface area contributed by atoms with Crippen LogP contribution in [0.25, 0.3) is 0 Å². The summed E-state index contributed by atoms with van der Waals surface area (Å²) in [4.78, 5) is 11.0. The lowest BCUT2D eigenvalue weighted by Gasteiger charge is -2.16. The number of rotatable bonds is 6. The first-order chi connectivity index (χ1) is 8.19. The Morgan fingerprint density at radius 2 is 2.06 bits per heavy atom. The zero-order chi connectivity index (χ0) is 12.3. The van der Waals surface area contributed by atoms with Gasteiger partial charge in [0.15, 0.2) is 0 Å². The molecule has 1 aromatic rings. The van der Waals surface area contributed by atoms with Crippen molar-refractivity contribution in [2.45, 2.75) is 38.6 Å². The van der Waals surface area contributed by atoms with Crippen LogP contribution in [-0.2, 0) is 6.42 Å². The third-order valence-corrected chi connectivity index (χ3v) is 3.28. The SMILES string of the molecule is CCC(N)Cc1cnc(N(C)CC2CC2)nc1. The molecule has 1 aliphatic carbocycles. The number of nitrogens with zero attached hydrogens (tertiary/aromatic N) is 3. The van der Waals surface area contributed by atoms with Crippen LogP contribution < -0.4 is 10.6 Å². The molecule has 1 unspecified atom stereocenters. The molecule has 1 heterocycles. The minimum atomic E-state index is 0.216. The molecule has 2 rings (SSSR count). The minimum absolute atomic E-state index is 0.216. The van der Waals surface area contributed by atoms with Gasteiger partial charge in [-0.1, -0.05) is 6.92 Å². The molecular formula is C13H22N4. The molecule has 17 heavy (non-hydrogen) atoms. The Kier molecular flexibility index (Phi) is 3.94. The number of hydrogen-bond acceptors (Lipinski definition) is 4. The summed E-state index contributed by atoms with van der Waals surface area (Å²) in [5, 5.41) is 0. The summed E-state index contributed by atoms with van der Waals surface area (Å²) >= 11 is 0. The third kappa shape index (κ3) is 3.66. The summed E-state index contributed by atoms with van der Waals surface area (Å²) < 4.78 is 0. The average Bonchev–Trinajstić information content (AvgIpc) is 3.13. The molecule has 1 aliphatic rings. The molecule has 0 saturated heterocycles. The van der Waals surface area contributed by atoms with Crippen molar-refractivity contribution in [3.05, 3.63) is 18.0 Å². The van der Waals surface area contributed by atoms with Gasteiger partial charge in [0, 0.05) is 32.0 Å². The van der Waals surface area contributed by atoms with Crippen molar-refractivity contribution in [1.29, 1.82) is 0 Å². The first-order valence-corrected chi connectivity index (χ1v) is 6.46. The lowest BCUT2D eigenvalue weighted by Crippen LogP contribution is -2.23. The minimum Gasteiger partial charge on any atom is -0.344 e. The fraction of sp³-hybridized carbons (Fsp3) is 0.692. The average molecular weight is 234 g/mol. The molecule has 1 saturated carbocycles. The number of anilines is 1. The van der Waals surface area contributed by atoms with E-state index in [0.717, 1.165) is 36.8 Å². The highest BCUT2D eigenvalue weighted by atomic mass is 15.2. The first-order valence-electron chi connectivity index (χ1n) is 6.46. The van der Waals surface area contributed by atoms with E-state index in [9.17, 15) is 0 Å². The van der Waals surface area contributed by atoms with E-state index >= 15 is 0 Å². The van der Waals surface area contributed by atoms with Crippen molar-refractivity contribution in [1.82, 2.24) is 9.97 Å². The monoisotopic (exact) mass is 234 g/mol. The van der Waals surface area contributed by atoms with Crippen LogP contribution in [-0.4, -0.2) is 29.6 Å². The molecule has 94 valence electrons. The molecule has 0 bridgehead atoms. The van der Waals surface area contributed by atoms with E-state index in [0.29, 0.717) is 0 Å². The highest BCUT2D eigenvalue weighted by Gasteiger charge is 2.23. The Labute approximate surface area is 103 Å². The van der Waals surface area contributed by atoms with E-state index in [1.807, 2.05) is 12.4 Å². The lowest BCUT2D eigenvalue weighted by molar-refractivity contribution is 0.642. The van der Waals surface area contributed by atoms with Gasteiger partial charge in [0.2, 0.25) is 5.95 Å². The molecule has 1 atom stereocenters. The number of hydrogen-bond donors (Lipinski definition) is 1. The van der Waals surface area contributed by atoms with Gasteiger partial charge < -0.3 is 10.6 Å². The van der Waals surface area contributed by atoms with Crippen molar-refractivity contribution < 1.29 is 0 Å². The summed E-state index contributed by atoms with van der Waals surface area (Å²) in [5.74, 6) is 1.68. The Hall–Kier alpha value is -1.16. The Morgan fingerprint density at radius 3 is 2.59 bits per heavy atom. The fourth-order valence-corrected chi connectivity index (χ4v) is 1.87. The predicted molar refractivity (Wildman–Crippen MR) is 70.0 cm³/mol. The molecule has 1 aromatic heterocycles. The summed E-state index contributed by atoms with van der Waals surface area (Å²) in [7, 11) is 2.06. The van der Waals surface area contributed by atoms with Crippen molar-refractivity contribution in [2.24, 2.45) is 11.7 Å². The molecule has 0 spiro atoms. The lowest BCUT2D eigenvalue weighted by atomic mass is 10.1. The zero-order valence-electron chi connectivity index (χ0n) is 10.8. The van der Waals surface area contributed by atoms with Gasteiger partial charge in [-0.3, -0.25) is 0 Å². The van der Waals surface area contributed by atoms with Crippen LogP contribution >= 0.6 is 0 Å². The van der Waals surface area contributed by atoms with Gasteiger partial charge in [0.25, 0.3) is 0 Å². The van der Waals surface area contributed by atoms with Crippen molar-refractivity contribution in [3.63, 3.8) is 0 Å². The maximum absolute atomic E-state index is 5.91. The Morgan fingerprint density at radius 1 is 1.41 bits per heavy atom. The molecule has 0 radical (unpaired) electrons. The summed E-state index contributed by atoms with van der Waals surface area (Å²) in [5.41, 5.74) is 7.04. The zero-order valence-corrected chi connectivity index (χ0v) is 10.8. The molecule has 2 N–H and O–H groups in total. The number of aromatic nitrogens is 2. The van der Waals surface area contributed by atoms with Gasteiger partial charge in [0.05, 0.1) is 0 Å². The Balaban J connectivity index is 1.91. The van der Waals surface area contributed by atoms with Gasteiger partial charge in [-0.2, -0.15) is 0 Å². The quantitative estimate of drug-likeness (QED) is 0.812. The maximum Gasteiger partial charge on any atom is 0.224 e. The van der Waals surface area contributed by atoms with Crippen molar-refractivity contribution >= 4 is 5.95 Å². The predicted octanol–water partition coefficient (Wildman–Crippen LogP) is 1.60. The van der Waals surface area contributed by atoms with E-state index in [-0.39, 0.29) is 6.04 Å². The van der Waals surface area contributed by atoms with Crippen LogP contribution in [0.4, 0.5) is 5.95 Å². The van der Waals surface area contributed by atoms with E-state index < -0.39 is 0 Å². The molecular weight excluding hydrogens is 212 g/mol. The second-order valence-electron chi connectivity index (χ2n) is 5.09. The van der Waals surface area contributed by atoms with Crippen molar-refractivity contribution in [2.75, 3.05) is 18.5 Å². The standard InChI is InChI=1S/C13H22N4/c1-3-12(14)6-11-7-15-13(16-8-11)17(2)9-10-4-5-10/h7-8,10,12H,3-6,9,14H2,1-2H3. The van der Waals surface area contributed by atoms with Crippen LogP contribution in [0.1, 0.15) is 31.7 Å². The van der Waals surface area contributed by atoms with Crippen LogP contribution in [0, 0.1) is 5.92 Å². The highest BCUT2D eigenvalue weighted by Crippen LogP contribution is 2.30. The smallest absolute Gasteiger partial charge is 0.224 e. The van der Waals surface area contributed by atoms with Crippen LogP contribution in [0.3, 0.4) is 0 Å². The summed E-state index contributed by atoms with van der Waals surface area (Å²) in [6, 6.07) is 0.216. The summed E-state index contributed by atoms with van der Waals surface area (Å²) in [6.45, 7) is 3.18. The fourth-order valence-electron chi connectivity index (χ4n) is 1.87. The van der Waals surface area contributed by atoms with E-state index in [2.05, 4.69) is 28.8 Å². The van der Waals surface area contributed by atoms with Crippen LogP contribution in [0.15, 0.2) is 12.4 Å². The molecule has 4 heteroatoms. The normalized spacial score (nSPS) is 16.9. The molecule has 4 nitrogen and oxygen atoms in total. The summed E-state index contributed by atoms with van der Waals surface area (Å²) in [6.07, 6.45) is 8.37. The van der Waals surface area contributed by atoms with E-state index in [1.54, 1.807) is 0 Å². The molecule has 0 aliphatic heterocycles. The van der Waals surface area contributed by atoms with Crippen LogP contribution in [0.2, 0.25) is 0 Å². The second kappa shape index (κ2) is 5.45. The van der Waals surface area contributed by atoms with E-state index in [1.165, 1.54) is 12.8 Å². The Bertz CT molecular complexity index is 345. The second-order valence-corrected chi connectivity index (χ2v) is 5.09. The van der Waals surface area contributed by atoms with Gasteiger partial charge in [-0.15, -0.1) is 0 Å². The molecule has 1 fully saturated rings. The molecule has 0 amide bonds. The number of nitrogens with two attached hydrogens (primary N) is 1. The highest BCUT2D eigenvalue weighted by molar-refractivity contribution is 5.29. The van der Waals surface area contributed by atoms with Gasteiger partial charge in [0.1, 0.15) is 0 Å². The molecule has 0 aromatic carbocycles.